The fraction of sp³-hybridized carbons (Fsp3) is 0.643. The highest BCUT2D eigenvalue weighted by Crippen LogP contribution is 2.33. The molecular formula is C14H20F3N3. The lowest BCUT2D eigenvalue weighted by Crippen LogP contribution is -2.36. The van der Waals surface area contributed by atoms with E-state index in [1.54, 1.807) is 12.3 Å². The van der Waals surface area contributed by atoms with E-state index in [0.29, 0.717) is 5.82 Å². The van der Waals surface area contributed by atoms with Crippen LogP contribution < -0.4 is 10.2 Å². The van der Waals surface area contributed by atoms with Gasteiger partial charge in [-0.05, 0) is 37.9 Å². The summed E-state index contributed by atoms with van der Waals surface area (Å²) in [6, 6.07) is 3.67. The molecule has 1 fully saturated rings. The van der Waals surface area contributed by atoms with E-state index in [-0.39, 0.29) is 12.1 Å². The molecule has 1 N–H and O–H groups in total. The Morgan fingerprint density at radius 3 is 2.55 bits per heavy atom. The first kappa shape index (κ1) is 15.1. The highest BCUT2D eigenvalue weighted by Gasteiger charge is 2.38. The Bertz CT molecular complexity index is 426. The zero-order chi connectivity index (χ0) is 14.8. The maximum atomic E-state index is 12.6. The third kappa shape index (κ3) is 4.10. The molecule has 1 aromatic rings. The first-order chi connectivity index (χ1) is 9.40. The van der Waals surface area contributed by atoms with Gasteiger partial charge in [0.15, 0.2) is 0 Å². The van der Waals surface area contributed by atoms with E-state index in [0.717, 1.165) is 24.9 Å². The smallest absolute Gasteiger partial charge is 0.345 e. The monoisotopic (exact) mass is 287 g/mol. The molecule has 0 radical (unpaired) electrons. The summed E-state index contributed by atoms with van der Waals surface area (Å²) in [5.41, 5.74) is 0.985. The average molecular weight is 287 g/mol. The molecule has 0 bridgehead atoms. The fourth-order valence-electron chi connectivity index (χ4n) is 2.22. The van der Waals surface area contributed by atoms with Crippen molar-refractivity contribution >= 4 is 5.82 Å². The molecule has 0 saturated heterocycles. The van der Waals surface area contributed by atoms with Crippen molar-refractivity contribution in [2.75, 3.05) is 18.0 Å². The number of hydrogen-bond donors (Lipinski definition) is 1. The first-order valence-electron chi connectivity index (χ1n) is 6.93. The summed E-state index contributed by atoms with van der Waals surface area (Å²) in [5, 5.41) is 3.25. The van der Waals surface area contributed by atoms with E-state index in [1.165, 1.54) is 4.90 Å². The van der Waals surface area contributed by atoms with Crippen LogP contribution >= 0.6 is 0 Å². The van der Waals surface area contributed by atoms with Crippen molar-refractivity contribution < 1.29 is 13.2 Å². The molecule has 6 heteroatoms. The number of nitrogens with zero attached hydrogens (tertiary/aromatic N) is 2. The molecule has 1 aliphatic rings. The minimum absolute atomic E-state index is 0.0128. The van der Waals surface area contributed by atoms with Crippen LogP contribution in [0.2, 0.25) is 0 Å². The Hall–Kier alpha value is -1.30. The van der Waals surface area contributed by atoms with E-state index in [2.05, 4.69) is 10.3 Å². The van der Waals surface area contributed by atoms with Gasteiger partial charge in [-0.25, -0.2) is 4.98 Å². The van der Waals surface area contributed by atoms with Gasteiger partial charge in [-0.3, -0.25) is 0 Å². The quantitative estimate of drug-likeness (QED) is 0.870. The van der Waals surface area contributed by atoms with Crippen molar-refractivity contribution in [3.8, 4) is 0 Å². The first-order valence-corrected chi connectivity index (χ1v) is 6.93. The molecule has 20 heavy (non-hydrogen) atoms. The summed E-state index contributed by atoms with van der Waals surface area (Å²) in [6.07, 6.45) is -0.908. The number of hydrogen-bond acceptors (Lipinski definition) is 3. The third-order valence-electron chi connectivity index (χ3n) is 3.41. The maximum Gasteiger partial charge on any atom is 0.405 e. The van der Waals surface area contributed by atoms with Gasteiger partial charge in [0.25, 0.3) is 0 Å². The number of rotatable bonds is 6. The largest absolute Gasteiger partial charge is 0.405 e. The molecule has 1 aromatic heterocycles. The van der Waals surface area contributed by atoms with E-state index < -0.39 is 12.7 Å². The van der Waals surface area contributed by atoms with Gasteiger partial charge in [-0.2, -0.15) is 13.2 Å². The Morgan fingerprint density at radius 2 is 2.10 bits per heavy atom. The third-order valence-corrected chi connectivity index (χ3v) is 3.41. The molecule has 0 spiro atoms. The van der Waals surface area contributed by atoms with Gasteiger partial charge in [0, 0.05) is 18.3 Å². The summed E-state index contributed by atoms with van der Waals surface area (Å²) < 4.78 is 37.8. The van der Waals surface area contributed by atoms with Gasteiger partial charge in [0.2, 0.25) is 0 Å². The molecule has 112 valence electrons. The topological polar surface area (TPSA) is 28.2 Å². The highest BCUT2D eigenvalue weighted by atomic mass is 19.4. The van der Waals surface area contributed by atoms with Gasteiger partial charge in [0.1, 0.15) is 12.4 Å². The predicted molar refractivity (Wildman–Crippen MR) is 72.8 cm³/mol. The number of pyridine rings is 1. The lowest BCUT2D eigenvalue weighted by molar-refractivity contribution is -0.120. The number of aromatic nitrogens is 1. The summed E-state index contributed by atoms with van der Waals surface area (Å²) in [4.78, 5) is 5.58. The summed E-state index contributed by atoms with van der Waals surface area (Å²) in [7, 11) is 0. The van der Waals surface area contributed by atoms with Crippen molar-refractivity contribution in [2.24, 2.45) is 0 Å². The number of nitrogens with one attached hydrogen (secondary N) is 1. The minimum atomic E-state index is -4.19. The van der Waals surface area contributed by atoms with Crippen molar-refractivity contribution in [1.29, 1.82) is 0 Å². The lowest BCUT2D eigenvalue weighted by Gasteiger charge is -2.25. The summed E-state index contributed by atoms with van der Waals surface area (Å²) in [5.74, 6) is 0.414. The lowest BCUT2D eigenvalue weighted by atomic mass is 10.1. The van der Waals surface area contributed by atoms with Crippen LogP contribution in [0.3, 0.4) is 0 Å². The Kier molecular flexibility index (Phi) is 4.52. The van der Waals surface area contributed by atoms with E-state index in [4.69, 9.17) is 0 Å². The van der Waals surface area contributed by atoms with Crippen LogP contribution in [-0.2, 0) is 0 Å². The second kappa shape index (κ2) is 5.99. The molecule has 0 amide bonds. The highest BCUT2D eigenvalue weighted by molar-refractivity contribution is 5.43. The van der Waals surface area contributed by atoms with Crippen molar-refractivity contribution in [1.82, 2.24) is 10.3 Å². The van der Waals surface area contributed by atoms with Crippen LogP contribution in [-0.4, -0.2) is 30.3 Å². The molecule has 1 saturated carbocycles. The normalized spacial score (nSPS) is 17.1. The van der Waals surface area contributed by atoms with Crippen LogP contribution in [0.15, 0.2) is 18.3 Å². The van der Waals surface area contributed by atoms with Gasteiger partial charge >= 0.3 is 6.18 Å². The second-order valence-electron chi connectivity index (χ2n) is 5.20. The van der Waals surface area contributed by atoms with Crippen LogP contribution in [0.4, 0.5) is 19.0 Å². The van der Waals surface area contributed by atoms with Crippen molar-refractivity contribution in [3.63, 3.8) is 0 Å². The Balaban J connectivity index is 2.10. The summed E-state index contributed by atoms with van der Waals surface area (Å²) in [6.45, 7) is 3.93. The van der Waals surface area contributed by atoms with Crippen LogP contribution in [0, 0.1) is 0 Å². The Morgan fingerprint density at radius 1 is 1.40 bits per heavy atom. The standard InChI is InChI=1S/C14H20F3N3/c1-3-18-10(2)11-4-7-13(19-8-11)20(12-5-6-12)9-14(15,16)17/h4,7-8,10,12,18H,3,5-6,9H2,1-2H3. The van der Waals surface area contributed by atoms with Gasteiger partial charge in [-0.1, -0.05) is 13.0 Å². The molecule has 1 atom stereocenters. The van der Waals surface area contributed by atoms with Crippen LogP contribution in [0.25, 0.3) is 0 Å². The second-order valence-corrected chi connectivity index (χ2v) is 5.20. The predicted octanol–water partition coefficient (Wildman–Crippen LogP) is 3.28. The number of alkyl halides is 3. The molecule has 0 aromatic carbocycles. The van der Waals surface area contributed by atoms with E-state index in [9.17, 15) is 13.2 Å². The number of anilines is 1. The molecule has 1 heterocycles. The Labute approximate surface area is 117 Å². The molecule has 1 unspecified atom stereocenters. The zero-order valence-electron chi connectivity index (χ0n) is 11.7. The zero-order valence-corrected chi connectivity index (χ0v) is 11.7. The van der Waals surface area contributed by atoms with Crippen molar-refractivity contribution in [3.05, 3.63) is 23.9 Å². The van der Waals surface area contributed by atoms with Gasteiger partial charge < -0.3 is 10.2 Å². The van der Waals surface area contributed by atoms with E-state index in [1.807, 2.05) is 19.9 Å². The summed E-state index contributed by atoms with van der Waals surface area (Å²) >= 11 is 0. The average Bonchev–Trinajstić information content (AvgIpc) is 3.20. The molecule has 0 aliphatic heterocycles. The molecular weight excluding hydrogens is 267 g/mol. The van der Waals surface area contributed by atoms with Crippen LogP contribution in [0.5, 0.6) is 0 Å². The van der Waals surface area contributed by atoms with Crippen molar-refractivity contribution in [2.45, 2.75) is 44.9 Å². The molecule has 1 aliphatic carbocycles. The van der Waals surface area contributed by atoms with Crippen LogP contribution in [0.1, 0.15) is 38.3 Å². The maximum absolute atomic E-state index is 12.6. The fourth-order valence-corrected chi connectivity index (χ4v) is 2.22. The number of halogens is 3. The minimum Gasteiger partial charge on any atom is -0.345 e. The van der Waals surface area contributed by atoms with Gasteiger partial charge in [0.05, 0.1) is 0 Å². The molecule has 2 rings (SSSR count). The van der Waals surface area contributed by atoms with E-state index >= 15 is 0 Å². The van der Waals surface area contributed by atoms with Gasteiger partial charge in [-0.15, -0.1) is 0 Å². The SMILES string of the molecule is CCNC(C)c1ccc(N(CC(F)(F)F)C2CC2)nc1. The molecule has 3 nitrogen and oxygen atoms in total.